The lowest BCUT2D eigenvalue weighted by atomic mass is 10.4. The Kier molecular flexibility index (Phi) is 3.98. The van der Waals surface area contributed by atoms with Crippen LogP contribution in [-0.4, -0.2) is 21.3 Å². The van der Waals surface area contributed by atoms with E-state index in [1.807, 2.05) is 6.92 Å². The maximum Gasteiger partial charge on any atom is 0.191 e. The van der Waals surface area contributed by atoms with E-state index >= 15 is 0 Å². The number of hydrogen-bond acceptors (Lipinski definition) is 5. The molecule has 0 saturated heterocycles. The molecule has 0 spiro atoms. The van der Waals surface area contributed by atoms with Crippen LogP contribution in [-0.2, 0) is 12.3 Å². The van der Waals surface area contributed by atoms with Gasteiger partial charge in [0.2, 0.25) is 0 Å². The molecule has 0 atom stereocenters. The first-order valence-corrected chi connectivity index (χ1v) is 6.98. The molecule has 2 N–H and O–H groups in total. The molecule has 4 nitrogen and oxygen atoms in total. The molecule has 0 bridgehead atoms. The Labute approximate surface area is 103 Å². The van der Waals surface area contributed by atoms with Gasteiger partial charge in [0.1, 0.15) is 5.82 Å². The minimum Gasteiger partial charge on any atom is -0.329 e. The molecule has 2 rings (SSSR count). The largest absolute Gasteiger partial charge is 0.329 e. The van der Waals surface area contributed by atoms with Crippen LogP contribution >= 0.6 is 23.1 Å². The summed E-state index contributed by atoms with van der Waals surface area (Å²) >= 11 is 3.42. The van der Waals surface area contributed by atoms with Crippen molar-refractivity contribution < 1.29 is 0 Å². The Morgan fingerprint density at radius 1 is 1.50 bits per heavy atom. The van der Waals surface area contributed by atoms with Crippen LogP contribution in [0, 0.1) is 6.92 Å². The third-order valence-corrected chi connectivity index (χ3v) is 3.97. The fourth-order valence-electron chi connectivity index (χ4n) is 1.38. The summed E-state index contributed by atoms with van der Waals surface area (Å²) in [5.74, 6) is 1.87. The van der Waals surface area contributed by atoms with Gasteiger partial charge in [-0.05, 0) is 29.3 Å². The van der Waals surface area contributed by atoms with Crippen LogP contribution in [0.4, 0.5) is 0 Å². The summed E-state index contributed by atoms with van der Waals surface area (Å²) in [6, 6.07) is 2.13. The van der Waals surface area contributed by atoms with E-state index in [1.54, 1.807) is 23.1 Å². The van der Waals surface area contributed by atoms with Gasteiger partial charge in [-0.3, -0.25) is 0 Å². The zero-order chi connectivity index (χ0) is 11.4. The highest BCUT2D eigenvalue weighted by atomic mass is 32.2. The highest BCUT2D eigenvalue weighted by molar-refractivity contribution is 7.98. The quantitative estimate of drug-likeness (QED) is 0.828. The molecule has 86 valence electrons. The third kappa shape index (κ3) is 2.63. The molecule has 6 heteroatoms. The smallest absolute Gasteiger partial charge is 0.191 e. The molecule has 0 aliphatic rings. The van der Waals surface area contributed by atoms with Gasteiger partial charge in [-0.15, -0.1) is 10.2 Å². The van der Waals surface area contributed by atoms with Gasteiger partial charge in [0.05, 0.1) is 0 Å². The van der Waals surface area contributed by atoms with Crippen LogP contribution in [0.5, 0.6) is 0 Å². The highest BCUT2D eigenvalue weighted by Crippen LogP contribution is 2.22. The Morgan fingerprint density at radius 3 is 3.06 bits per heavy atom. The lowest BCUT2D eigenvalue weighted by molar-refractivity contribution is 0.627. The van der Waals surface area contributed by atoms with Gasteiger partial charge in [-0.25, -0.2) is 0 Å². The van der Waals surface area contributed by atoms with Crippen molar-refractivity contribution in [2.45, 2.75) is 24.4 Å². The molecule has 0 unspecified atom stereocenters. The summed E-state index contributed by atoms with van der Waals surface area (Å²) in [4.78, 5) is 0. The van der Waals surface area contributed by atoms with Crippen molar-refractivity contribution in [1.82, 2.24) is 14.8 Å². The Hall–Kier alpha value is -0.850. The first kappa shape index (κ1) is 11.6. The molecular weight excluding hydrogens is 240 g/mol. The molecule has 2 aromatic rings. The van der Waals surface area contributed by atoms with Crippen molar-refractivity contribution in [1.29, 1.82) is 0 Å². The van der Waals surface area contributed by atoms with Crippen molar-refractivity contribution in [3.05, 3.63) is 28.2 Å². The zero-order valence-corrected chi connectivity index (χ0v) is 10.7. The lowest BCUT2D eigenvalue weighted by Crippen LogP contribution is -2.12. The van der Waals surface area contributed by atoms with Crippen LogP contribution in [0.3, 0.4) is 0 Å². The topological polar surface area (TPSA) is 56.7 Å². The van der Waals surface area contributed by atoms with Crippen molar-refractivity contribution in [2.75, 3.05) is 6.54 Å². The van der Waals surface area contributed by atoms with Gasteiger partial charge in [0.15, 0.2) is 5.16 Å². The fourth-order valence-corrected chi connectivity index (χ4v) is 3.10. The predicted octanol–water partition coefficient (Wildman–Crippen LogP) is 1.90. The van der Waals surface area contributed by atoms with Crippen molar-refractivity contribution in [2.24, 2.45) is 5.73 Å². The predicted molar refractivity (Wildman–Crippen MR) is 67.7 cm³/mol. The van der Waals surface area contributed by atoms with E-state index in [0.29, 0.717) is 6.54 Å². The van der Waals surface area contributed by atoms with E-state index in [1.165, 1.54) is 5.56 Å². The third-order valence-electron chi connectivity index (χ3n) is 2.20. The van der Waals surface area contributed by atoms with Crippen LogP contribution in [0.15, 0.2) is 22.0 Å². The van der Waals surface area contributed by atoms with Crippen LogP contribution in [0.25, 0.3) is 0 Å². The van der Waals surface area contributed by atoms with Gasteiger partial charge in [-0.1, -0.05) is 11.8 Å². The Balaban J connectivity index is 2.03. The molecule has 0 radical (unpaired) electrons. The number of nitrogens with zero attached hydrogens (tertiary/aromatic N) is 3. The summed E-state index contributed by atoms with van der Waals surface area (Å²) in [7, 11) is 0. The summed E-state index contributed by atoms with van der Waals surface area (Å²) in [5.41, 5.74) is 6.89. The summed E-state index contributed by atoms with van der Waals surface area (Å²) < 4.78 is 2.07. The van der Waals surface area contributed by atoms with E-state index in [2.05, 4.69) is 31.6 Å². The van der Waals surface area contributed by atoms with Crippen molar-refractivity contribution in [3.63, 3.8) is 0 Å². The second kappa shape index (κ2) is 5.47. The lowest BCUT2D eigenvalue weighted by Gasteiger charge is -2.05. The summed E-state index contributed by atoms with van der Waals surface area (Å²) in [6.45, 7) is 3.35. The van der Waals surface area contributed by atoms with Crippen molar-refractivity contribution >= 4 is 23.1 Å². The van der Waals surface area contributed by atoms with Gasteiger partial charge < -0.3 is 10.3 Å². The van der Waals surface area contributed by atoms with Gasteiger partial charge in [0.25, 0.3) is 0 Å². The SMILES string of the molecule is Cc1nnc(SCc2ccsc2)n1CCN. The molecule has 0 aliphatic heterocycles. The number of aryl methyl sites for hydroxylation is 1. The molecule has 2 aromatic heterocycles. The van der Waals surface area contributed by atoms with Crippen molar-refractivity contribution in [3.8, 4) is 0 Å². The van der Waals surface area contributed by atoms with Crippen LogP contribution in [0.1, 0.15) is 11.4 Å². The van der Waals surface area contributed by atoms with Crippen LogP contribution < -0.4 is 5.73 Å². The monoisotopic (exact) mass is 254 g/mol. The second-order valence-electron chi connectivity index (χ2n) is 3.39. The number of thiophene rings is 1. The highest BCUT2D eigenvalue weighted by Gasteiger charge is 2.08. The molecule has 0 aliphatic carbocycles. The molecule has 2 heterocycles. The van der Waals surface area contributed by atoms with Gasteiger partial charge in [-0.2, -0.15) is 11.3 Å². The molecule has 0 fully saturated rings. The first-order chi connectivity index (χ1) is 7.81. The molecule has 0 amide bonds. The standard InChI is InChI=1S/C10H14N4S2/c1-8-12-13-10(14(8)4-3-11)16-7-9-2-5-15-6-9/h2,5-6H,3-4,7,11H2,1H3. The number of thioether (sulfide) groups is 1. The molecular formula is C10H14N4S2. The summed E-state index contributed by atoms with van der Waals surface area (Å²) in [5, 5.41) is 13.4. The first-order valence-electron chi connectivity index (χ1n) is 5.05. The Bertz CT molecular complexity index is 436. The minimum atomic E-state index is 0.616. The minimum absolute atomic E-state index is 0.616. The second-order valence-corrected chi connectivity index (χ2v) is 5.11. The van der Waals surface area contributed by atoms with Gasteiger partial charge in [0, 0.05) is 18.8 Å². The van der Waals surface area contributed by atoms with Crippen LogP contribution in [0.2, 0.25) is 0 Å². The molecule has 0 aromatic carbocycles. The fraction of sp³-hybridized carbons (Fsp3) is 0.400. The number of aromatic nitrogens is 3. The van der Waals surface area contributed by atoms with Gasteiger partial charge >= 0.3 is 0 Å². The normalized spacial score (nSPS) is 10.9. The van der Waals surface area contributed by atoms with E-state index in [0.717, 1.165) is 23.3 Å². The van der Waals surface area contributed by atoms with E-state index in [-0.39, 0.29) is 0 Å². The number of hydrogen-bond donors (Lipinski definition) is 1. The maximum absolute atomic E-state index is 5.56. The Morgan fingerprint density at radius 2 is 2.38 bits per heavy atom. The zero-order valence-electron chi connectivity index (χ0n) is 9.09. The average Bonchev–Trinajstić information content (AvgIpc) is 2.89. The molecule has 0 saturated carbocycles. The van der Waals surface area contributed by atoms with E-state index in [9.17, 15) is 0 Å². The summed E-state index contributed by atoms with van der Waals surface area (Å²) in [6.07, 6.45) is 0. The number of rotatable bonds is 5. The maximum atomic E-state index is 5.56. The van der Waals surface area contributed by atoms with E-state index in [4.69, 9.17) is 5.73 Å². The molecule has 16 heavy (non-hydrogen) atoms. The average molecular weight is 254 g/mol. The van der Waals surface area contributed by atoms with E-state index < -0.39 is 0 Å². The number of nitrogens with two attached hydrogens (primary N) is 1.